The van der Waals surface area contributed by atoms with Crippen LogP contribution in [-0.2, 0) is 27.9 Å². The van der Waals surface area contributed by atoms with Crippen molar-refractivity contribution in [3.05, 3.63) is 48.8 Å². The van der Waals surface area contributed by atoms with Gasteiger partial charge in [-0.3, -0.25) is 13.8 Å². The van der Waals surface area contributed by atoms with E-state index in [2.05, 4.69) is 50.3 Å². The van der Waals surface area contributed by atoms with E-state index in [4.69, 9.17) is 24.3 Å². The first kappa shape index (κ1) is 48.3. The fourth-order valence-electron chi connectivity index (χ4n) is 5.24. The SMILES string of the molecule is CCCCCC=CCC=CCCCCCCCC(=O)OCC(COP(=O)(O)OCCN)OC=CCCCCCCCCC=CCCCCCC. The molecule has 0 spiro atoms. The van der Waals surface area contributed by atoms with E-state index in [0.29, 0.717) is 6.42 Å². The molecule has 0 rings (SSSR count). The Balaban J connectivity index is 4.16. The number of esters is 1. The van der Waals surface area contributed by atoms with E-state index < -0.39 is 13.9 Å². The molecule has 0 radical (unpaired) electrons. The predicted molar refractivity (Wildman–Crippen MR) is 210 cm³/mol. The molecule has 0 aromatic carbocycles. The van der Waals surface area contributed by atoms with Gasteiger partial charge in [-0.05, 0) is 83.1 Å². The van der Waals surface area contributed by atoms with Gasteiger partial charge < -0.3 is 20.1 Å². The van der Waals surface area contributed by atoms with Gasteiger partial charge in [-0.15, -0.1) is 0 Å². The van der Waals surface area contributed by atoms with Gasteiger partial charge in [0.25, 0.3) is 0 Å². The molecule has 0 aliphatic rings. The van der Waals surface area contributed by atoms with Gasteiger partial charge in [0.2, 0.25) is 0 Å². The van der Waals surface area contributed by atoms with Crippen molar-refractivity contribution in [3.8, 4) is 0 Å². The Bertz CT molecular complexity index is 905. The number of carbonyl (C=O) groups excluding carboxylic acids is 1. The third kappa shape index (κ3) is 37.6. The van der Waals surface area contributed by atoms with Crippen LogP contribution in [0.2, 0.25) is 0 Å². The number of phosphoric acid groups is 1. The van der Waals surface area contributed by atoms with Crippen LogP contribution in [0, 0.1) is 0 Å². The lowest BCUT2D eigenvalue weighted by atomic mass is 10.1. The molecule has 0 aromatic rings. The summed E-state index contributed by atoms with van der Waals surface area (Å²) in [5.41, 5.74) is 5.35. The van der Waals surface area contributed by atoms with Crippen molar-refractivity contribution in [1.82, 2.24) is 0 Å². The van der Waals surface area contributed by atoms with Gasteiger partial charge in [-0.25, -0.2) is 4.57 Å². The zero-order valence-electron chi connectivity index (χ0n) is 32.1. The highest BCUT2D eigenvalue weighted by Crippen LogP contribution is 2.43. The normalized spacial score (nSPS) is 14.0. The van der Waals surface area contributed by atoms with Crippen molar-refractivity contribution in [2.24, 2.45) is 5.73 Å². The first-order chi connectivity index (χ1) is 24.4. The van der Waals surface area contributed by atoms with Gasteiger partial charge in [-0.1, -0.05) is 127 Å². The number of nitrogens with two attached hydrogens (primary N) is 1. The van der Waals surface area contributed by atoms with Crippen LogP contribution in [0.5, 0.6) is 0 Å². The van der Waals surface area contributed by atoms with Crippen molar-refractivity contribution >= 4 is 13.8 Å². The van der Waals surface area contributed by atoms with Gasteiger partial charge in [0.05, 0.1) is 19.5 Å². The van der Waals surface area contributed by atoms with Crippen molar-refractivity contribution < 1.29 is 32.8 Å². The van der Waals surface area contributed by atoms with Crippen LogP contribution in [0.3, 0.4) is 0 Å². The lowest BCUT2D eigenvalue weighted by Gasteiger charge is -2.19. The molecule has 9 heteroatoms. The van der Waals surface area contributed by atoms with Crippen LogP contribution >= 0.6 is 7.82 Å². The number of carbonyl (C=O) groups is 1. The minimum atomic E-state index is -4.27. The molecule has 292 valence electrons. The number of unbranched alkanes of at least 4 members (excludes halogenated alkanes) is 19. The van der Waals surface area contributed by atoms with Crippen LogP contribution in [-0.4, -0.2) is 43.3 Å². The van der Waals surface area contributed by atoms with Crippen LogP contribution < -0.4 is 5.73 Å². The van der Waals surface area contributed by atoms with E-state index in [-0.39, 0.29) is 32.3 Å². The molecule has 2 unspecified atom stereocenters. The summed E-state index contributed by atoms with van der Waals surface area (Å²) in [7, 11) is -4.27. The summed E-state index contributed by atoms with van der Waals surface area (Å²) in [5.74, 6) is -0.307. The first-order valence-corrected chi connectivity index (χ1v) is 21.7. The highest BCUT2D eigenvalue weighted by atomic mass is 31.2. The minimum Gasteiger partial charge on any atom is -0.492 e. The minimum absolute atomic E-state index is 0.0750. The second-order valence-electron chi connectivity index (χ2n) is 13.2. The molecular weight excluding hydrogens is 649 g/mol. The van der Waals surface area contributed by atoms with Crippen molar-refractivity contribution in [2.45, 2.75) is 180 Å². The molecule has 3 N–H and O–H groups in total. The largest absolute Gasteiger partial charge is 0.492 e. The summed E-state index contributed by atoms with van der Waals surface area (Å²) in [4.78, 5) is 22.2. The number of allylic oxidation sites excluding steroid dienone is 7. The number of ether oxygens (including phenoxy) is 2. The number of phosphoric ester groups is 1. The van der Waals surface area contributed by atoms with Crippen molar-refractivity contribution in [2.75, 3.05) is 26.4 Å². The Morgan fingerprint density at radius 1 is 0.620 bits per heavy atom. The molecule has 0 fully saturated rings. The molecule has 0 bridgehead atoms. The summed E-state index contributed by atoms with van der Waals surface area (Å²) in [6.45, 7) is 4.15. The fraction of sp³-hybridized carbons (Fsp3) is 0.780. The van der Waals surface area contributed by atoms with Crippen LogP contribution in [0.4, 0.5) is 0 Å². The maximum absolute atomic E-state index is 12.4. The third-order valence-corrected chi connectivity index (χ3v) is 9.29. The van der Waals surface area contributed by atoms with E-state index in [1.807, 2.05) is 6.08 Å². The van der Waals surface area contributed by atoms with E-state index >= 15 is 0 Å². The molecule has 0 aliphatic heterocycles. The molecule has 0 heterocycles. The third-order valence-electron chi connectivity index (χ3n) is 8.31. The smallest absolute Gasteiger partial charge is 0.472 e. The van der Waals surface area contributed by atoms with Crippen molar-refractivity contribution in [3.63, 3.8) is 0 Å². The molecule has 50 heavy (non-hydrogen) atoms. The van der Waals surface area contributed by atoms with Crippen LogP contribution in [0.25, 0.3) is 0 Å². The molecule has 0 amide bonds. The van der Waals surface area contributed by atoms with E-state index in [1.54, 1.807) is 6.26 Å². The fourth-order valence-corrected chi connectivity index (χ4v) is 6.00. The second kappa shape index (κ2) is 38.5. The average Bonchev–Trinajstić information content (AvgIpc) is 3.11. The maximum atomic E-state index is 12.4. The number of hydrogen-bond donors (Lipinski definition) is 2. The van der Waals surface area contributed by atoms with E-state index in [9.17, 15) is 14.3 Å². The topological polar surface area (TPSA) is 117 Å². The van der Waals surface area contributed by atoms with E-state index in [1.165, 1.54) is 96.3 Å². The standard InChI is InChI=1S/C41H76NO7P/c1-3-5-7-9-11-13-15-17-19-21-23-25-27-29-31-33-36-46-40(39-49-50(44,45)48-37-35-42)38-47-41(43)34-32-30-28-26-24-22-20-18-16-14-12-10-8-6-4-2/h12-15,18,20,33,36,40H,3-11,16-17,19,21-32,34-35,37-39,42H2,1-2H3,(H,44,45). The molecule has 0 saturated heterocycles. The summed E-state index contributed by atoms with van der Waals surface area (Å²) in [5, 5.41) is 0. The van der Waals surface area contributed by atoms with Crippen LogP contribution in [0.15, 0.2) is 48.8 Å². The Kier molecular flexibility index (Phi) is 37.2. The number of rotatable bonds is 38. The Labute approximate surface area is 307 Å². The Hall–Kier alpha value is -1.70. The molecule has 0 aromatic heterocycles. The van der Waals surface area contributed by atoms with Gasteiger partial charge in [0.15, 0.2) is 6.10 Å². The molecule has 2 atom stereocenters. The van der Waals surface area contributed by atoms with Gasteiger partial charge in [-0.2, -0.15) is 0 Å². The lowest BCUT2D eigenvalue weighted by Crippen LogP contribution is -2.25. The predicted octanol–water partition coefficient (Wildman–Crippen LogP) is 12.0. The molecule has 0 aliphatic carbocycles. The summed E-state index contributed by atoms with van der Waals surface area (Å²) in [6.07, 6.45) is 45.1. The highest BCUT2D eigenvalue weighted by Gasteiger charge is 2.24. The first-order valence-electron chi connectivity index (χ1n) is 20.2. The average molecular weight is 726 g/mol. The summed E-state index contributed by atoms with van der Waals surface area (Å²) in [6, 6.07) is 0. The van der Waals surface area contributed by atoms with Gasteiger partial charge >= 0.3 is 13.8 Å². The zero-order chi connectivity index (χ0) is 36.6. The monoisotopic (exact) mass is 726 g/mol. The second-order valence-corrected chi connectivity index (χ2v) is 14.7. The van der Waals surface area contributed by atoms with E-state index in [0.717, 1.165) is 57.8 Å². The molecule has 8 nitrogen and oxygen atoms in total. The highest BCUT2D eigenvalue weighted by molar-refractivity contribution is 7.47. The lowest BCUT2D eigenvalue weighted by molar-refractivity contribution is -0.147. The zero-order valence-corrected chi connectivity index (χ0v) is 33.0. The van der Waals surface area contributed by atoms with Gasteiger partial charge in [0.1, 0.15) is 6.61 Å². The summed E-state index contributed by atoms with van der Waals surface area (Å²) < 4.78 is 33.1. The van der Waals surface area contributed by atoms with Crippen molar-refractivity contribution in [1.29, 1.82) is 0 Å². The van der Waals surface area contributed by atoms with Gasteiger partial charge in [0, 0.05) is 13.0 Å². The van der Waals surface area contributed by atoms with Crippen LogP contribution in [0.1, 0.15) is 174 Å². The quantitative estimate of drug-likeness (QED) is 0.0212. The Morgan fingerprint density at radius 3 is 1.64 bits per heavy atom. The Morgan fingerprint density at radius 2 is 1.08 bits per heavy atom. The molecular formula is C41H76NO7P. The number of hydrogen-bond acceptors (Lipinski definition) is 7. The maximum Gasteiger partial charge on any atom is 0.472 e. The summed E-state index contributed by atoms with van der Waals surface area (Å²) >= 11 is 0. The molecule has 0 saturated carbocycles.